The lowest BCUT2D eigenvalue weighted by molar-refractivity contribution is 0.658. The zero-order valence-corrected chi connectivity index (χ0v) is 13.0. The highest BCUT2D eigenvalue weighted by Crippen LogP contribution is 2.31. The third kappa shape index (κ3) is 3.49. The summed E-state index contributed by atoms with van der Waals surface area (Å²) in [6.45, 7) is 7.60. The van der Waals surface area contributed by atoms with Crippen LogP contribution in [0.25, 0.3) is 0 Å². The first-order valence-electron chi connectivity index (χ1n) is 7.40. The third-order valence-electron chi connectivity index (χ3n) is 3.94. The van der Waals surface area contributed by atoms with Crippen molar-refractivity contribution in [3.8, 4) is 0 Å². The van der Waals surface area contributed by atoms with Gasteiger partial charge in [0.05, 0.1) is 0 Å². The molecule has 1 unspecified atom stereocenters. The molecular weight excluding hydrogens is 242 g/mol. The fourth-order valence-corrected chi connectivity index (χ4v) is 2.81. The van der Waals surface area contributed by atoms with Crippen LogP contribution in [0.5, 0.6) is 0 Å². The van der Waals surface area contributed by atoms with Gasteiger partial charge in [0.25, 0.3) is 0 Å². The average molecular weight is 267 g/mol. The number of rotatable bonds is 5. The van der Waals surface area contributed by atoms with Crippen molar-refractivity contribution in [2.75, 3.05) is 13.6 Å². The minimum absolute atomic E-state index is 0.474. The van der Waals surface area contributed by atoms with E-state index in [0.717, 1.165) is 13.0 Å². The summed E-state index contributed by atoms with van der Waals surface area (Å²) in [6, 6.07) is 15.7. The van der Waals surface area contributed by atoms with Crippen LogP contribution in [0.3, 0.4) is 0 Å². The summed E-state index contributed by atoms with van der Waals surface area (Å²) in [5.74, 6) is 0.474. The Bertz CT molecular complexity index is 572. The lowest BCUT2D eigenvalue weighted by atomic mass is 9.85. The normalized spacial score (nSPS) is 12.4. The van der Waals surface area contributed by atoms with E-state index in [2.05, 4.69) is 68.6 Å². The predicted octanol–water partition coefficient (Wildman–Crippen LogP) is 4.35. The second-order valence-corrected chi connectivity index (χ2v) is 5.72. The summed E-state index contributed by atoms with van der Waals surface area (Å²) in [6.07, 6.45) is 1.13. The minimum atomic E-state index is 0.474. The molecule has 0 bridgehead atoms. The first-order valence-corrected chi connectivity index (χ1v) is 7.40. The van der Waals surface area contributed by atoms with Crippen LogP contribution in [0.2, 0.25) is 0 Å². The topological polar surface area (TPSA) is 12.0 Å². The first-order chi connectivity index (χ1) is 9.61. The van der Waals surface area contributed by atoms with E-state index in [-0.39, 0.29) is 0 Å². The van der Waals surface area contributed by atoms with Crippen LogP contribution in [0.15, 0.2) is 42.5 Å². The molecule has 0 amide bonds. The maximum absolute atomic E-state index is 3.29. The van der Waals surface area contributed by atoms with Gasteiger partial charge in [-0.15, -0.1) is 0 Å². The molecule has 0 saturated carbocycles. The Morgan fingerprint density at radius 1 is 0.950 bits per heavy atom. The van der Waals surface area contributed by atoms with E-state index >= 15 is 0 Å². The maximum Gasteiger partial charge on any atom is 0.0104 e. The fourth-order valence-electron chi connectivity index (χ4n) is 2.81. The fraction of sp³-hybridized carbons (Fsp3) is 0.368. The summed E-state index contributed by atoms with van der Waals surface area (Å²) in [5.41, 5.74) is 6.95. The second-order valence-electron chi connectivity index (χ2n) is 5.72. The van der Waals surface area contributed by atoms with Crippen molar-refractivity contribution in [1.82, 2.24) is 5.32 Å². The molecule has 106 valence electrons. The molecule has 0 aliphatic heterocycles. The average Bonchev–Trinajstić information content (AvgIpc) is 2.43. The van der Waals surface area contributed by atoms with Crippen LogP contribution in [-0.4, -0.2) is 13.6 Å². The van der Waals surface area contributed by atoms with E-state index in [4.69, 9.17) is 0 Å². The highest BCUT2D eigenvalue weighted by molar-refractivity contribution is 5.40. The molecule has 0 spiro atoms. The monoisotopic (exact) mass is 267 g/mol. The van der Waals surface area contributed by atoms with Gasteiger partial charge in [0.15, 0.2) is 0 Å². The zero-order valence-electron chi connectivity index (χ0n) is 13.0. The van der Waals surface area contributed by atoms with Crippen molar-refractivity contribution in [2.45, 2.75) is 33.1 Å². The number of benzene rings is 2. The summed E-state index contributed by atoms with van der Waals surface area (Å²) in [5, 5.41) is 3.29. The Morgan fingerprint density at radius 2 is 1.70 bits per heavy atom. The van der Waals surface area contributed by atoms with Crippen LogP contribution in [-0.2, 0) is 0 Å². The van der Waals surface area contributed by atoms with Gasteiger partial charge in [-0.1, -0.05) is 53.6 Å². The molecule has 0 aliphatic carbocycles. The van der Waals surface area contributed by atoms with Gasteiger partial charge in [0.2, 0.25) is 0 Å². The summed E-state index contributed by atoms with van der Waals surface area (Å²) < 4.78 is 0. The Hall–Kier alpha value is -1.60. The molecule has 2 rings (SSSR count). The molecular formula is C19H25N. The molecule has 20 heavy (non-hydrogen) atoms. The van der Waals surface area contributed by atoms with Crippen LogP contribution >= 0.6 is 0 Å². The number of hydrogen-bond acceptors (Lipinski definition) is 1. The SMILES string of the molecule is CNCCC(c1cccc(C)c1)c1cc(C)ccc1C. The second kappa shape index (κ2) is 6.71. The highest BCUT2D eigenvalue weighted by atomic mass is 14.8. The van der Waals surface area contributed by atoms with Gasteiger partial charge in [0, 0.05) is 5.92 Å². The van der Waals surface area contributed by atoms with Gasteiger partial charge < -0.3 is 5.32 Å². The van der Waals surface area contributed by atoms with E-state index in [0.29, 0.717) is 5.92 Å². The molecule has 0 radical (unpaired) electrons. The van der Waals surface area contributed by atoms with Gasteiger partial charge >= 0.3 is 0 Å². The molecule has 2 aromatic rings. The molecule has 0 fully saturated rings. The first kappa shape index (κ1) is 14.8. The number of hydrogen-bond donors (Lipinski definition) is 1. The Balaban J connectivity index is 2.44. The highest BCUT2D eigenvalue weighted by Gasteiger charge is 2.16. The number of nitrogens with one attached hydrogen (secondary N) is 1. The zero-order chi connectivity index (χ0) is 14.5. The van der Waals surface area contributed by atoms with Gasteiger partial charge in [-0.05, 0) is 57.5 Å². The minimum Gasteiger partial charge on any atom is -0.320 e. The van der Waals surface area contributed by atoms with E-state index in [1.165, 1.54) is 27.8 Å². The van der Waals surface area contributed by atoms with E-state index in [1.54, 1.807) is 0 Å². The number of aryl methyl sites for hydroxylation is 3. The molecule has 0 aliphatic rings. The molecule has 1 N–H and O–H groups in total. The van der Waals surface area contributed by atoms with Crippen molar-refractivity contribution in [1.29, 1.82) is 0 Å². The van der Waals surface area contributed by atoms with Crippen molar-refractivity contribution in [3.05, 3.63) is 70.3 Å². The van der Waals surface area contributed by atoms with E-state index in [9.17, 15) is 0 Å². The van der Waals surface area contributed by atoms with E-state index in [1.807, 2.05) is 7.05 Å². The van der Waals surface area contributed by atoms with Crippen LogP contribution in [0, 0.1) is 20.8 Å². The van der Waals surface area contributed by atoms with Gasteiger partial charge in [0.1, 0.15) is 0 Å². The molecule has 2 aromatic carbocycles. The smallest absolute Gasteiger partial charge is 0.0104 e. The summed E-state index contributed by atoms with van der Waals surface area (Å²) >= 11 is 0. The molecule has 0 heterocycles. The maximum atomic E-state index is 3.29. The molecule has 1 heteroatoms. The van der Waals surface area contributed by atoms with E-state index < -0.39 is 0 Å². The Kier molecular flexibility index (Phi) is 4.97. The van der Waals surface area contributed by atoms with Crippen LogP contribution in [0.1, 0.15) is 40.2 Å². The summed E-state index contributed by atoms with van der Waals surface area (Å²) in [4.78, 5) is 0. The molecule has 0 saturated heterocycles. The lowest BCUT2D eigenvalue weighted by Crippen LogP contribution is -2.14. The Morgan fingerprint density at radius 3 is 2.40 bits per heavy atom. The quantitative estimate of drug-likeness (QED) is 0.849. The van der Waals surface area contributed by atoms with Gasteiger partial charge in [-0.2, -0.15) is 0 Å². The molecule has 1 atom stereocenters. The van der Waals surface area contributed by atoms with Crippen molar-refractivity contribution in [2.24, 2.45) is 0 Å². The molecule has 1 nitrogen and oxygen atoms in total. The lowest BCUT2D eigenvalue weighted by Gasteiger charge is -2.21. The van der Waals surface area contributed by atoms with Crippen molar-refractivity contribution < 1.29 is 0 Å². The van der Waals surface area contributed by atoms with Crippen LogP contribution in [0.4, 0.5) is 0 Å². The summed E-state index contributed by atoms with van der Waals surface area (Å²) in [7, 11) is 2.02. The molecule has 0 aromatic heterocycles. The van der Waals surface area contributed by atoms with Crippen molar-refractivity contribution in [3.63, 3.8) is 0 Å². The predicted molar refractivity (Wildman–Crippen MR) is 87.5 cm³/mol. The standard InChI is InChI=1S/C19H25N/c1-14-6-5-7-17(12-14)18(10-11-20-4)19-13-15(2)8-9-16(19)3/h5-9,12-13,18,20H,10-11H2,1-4H3. The third-order valence-corrected chi connectivity index (χ3v) is 3.94. The van der Waals surface area contributed by atoms with Gasteiger partial charge in [-0.3, -0.25) is 0 Å². The van der Waals surface area contributed by atoms with Gasteiger partial charge in [-0.25, -0.2) is 0 Å². The largest absolute Gasteiger partial charge is 0.320 e. The van der Waals surface area contributed by atoms with Crippen LogP contribution < -0.4 is 5.32 Å². The Labute approximate surface area is 123 Å². The van der Waals surface area contributed by atoms with Crippen molar-refractivity contribution >= 4 is 0 Å².